The van der Waals surface area contributed by atoms with Crippen LogP contribution in [0.5, 0.6) is 0 Å². The summed E-state index contributed by atoms with van der Waals surface area (Å²) in [6.07, 6.45) is 7.01. The lowest BCUT2D eigenvalue weighted by atomic mass is 10.1. The molecule has 0 heterocycles. The Morgan fingerprint density at radius 2 is 1.74 bits per heavy atom. The first kappa shape index (κ1) is 16.0. The van der Waals surface area contributed by atoms with Gasteiger partial charge in [-0.2, -0.15) is 0 Å². The third kappa shape index (κ3) is 4.55. The van der Waals surface area contributed by atoms with Crippen LogP contribution < -0.4 is 11.1 Å². The van der Waals surface area contributed by atoms with Crippen LogP contribution in [0.15, 0.2) is 24.3 Å². The molecule has 1 aromatic carbocycles. The standard InChI is InChI=1S/C18H25N3O2/c19-18(23)14-7-5-13(6-8-14)11-21(16-9-10-16)12-17(22)20-15-3-1-2-4-15/h5-8,15-16H,1-4,9-12H2,(H2,19,23)(H,20,22). The fraction of sp³-hybridized carbons (Fsp3) is 0.556. The Morgan fingerprint density at radius 1 is 1.09 bits per heavy atom. The van der Waals surface area contributed by atoms with E-state index in [1.54, 1.807) is 12.1 Å². The number of rotatable bonds is 7. The molecular formula is C18H25N3O2. The molecule has 0 saturated heterocycles. The Kier molecular flexibility index (Phi) is 4.96. The van der Waals surface area contributed by atoms with Crippen molar-refractivity contribution in [1.82, 2.24) is 10.2 Å². The Hall–Kier alpha value is -1.88. The monoisotopic (exact) mass is 315 g/mol. The fourth-order valence-electron chi connectivity index (χ4n) is 3.29. The van der Waals surface area contributed by atoms with Crippen LogP contribution in [0.2, 0.25) is 0 Å². The molecule has 0 aromatic heterocycles. The molecule has 3 N–H and O–H groups in total. The van der Waals surface area contributed by atoms with Crippen LogP contribution in [0.1, 0.15) is 54.4 Å². The van der Waals surface area contributed by atoms with Gasteiger partial charge in [-0.1, -0.05) is 25.0 Å². The lowest BCUT2D eigenvalue weighted by Crippen LogP contribution is -2.41. The molecule has 2 aliphatic rings. The highest BCUT2D eigenvalue weighted by molar-refractivity contribution is 5.92. The summed E-state index contributed by atoms with van der Waals surface area (Å²) in [6, 6.07) is 8.23. The first-order valence-electron chi connectivity index (χ1n) is 8.54. The van der Waals surface area contributed by atoms with Gasteiger partial charge in [0.25, 0.3) is 0 Å². The van der Waals surface area contributed by atoms with Gasteiger partial charge < -0.3 is 11.1 Å². The molecule has 0 bridgehead atoms. The molecule has 3 rings (SSSR count). The van der Waals surface area contributed by atoms with Crippen molar-refractivity contribution in [3.05, 3.63) is 35.4 Å². The van der Waals surface area contributed by atoms with Crippen LogP contribution in [-0.2, 0) is 11.3 Å². The van der Waals surface area contributed by atoms with Crippen molar-refractivity contribution in [2.45, 2.75) is 57.2 Å². The highest BCUT2D eigenvalue weighted by atomic mass is 16.2. The zero-order chi connectivity index (χ0) is 16.2. The van der Waals surface area contributed by atoms with Gasteiger partial charge in [0.15, 0.2) is 0 Å². The predicted molar refractivity (Wildman–Crippen MR) is 88.8 cm³/mol. The summed E-state index contributed by atoms with van der Waals surface area (Å²) >= 11 is 0. The number of amides is 2. The van der Waals surface area contributed by atoms with E-state index in [9.17, 15) is 9.59 Å². The molecule has 23 heavy (non-hydrogen) atoms. The molecule has 2 aliphatic carbocycles. The van der Waals surface area contributed by atoms with Gasteiger partial charge >= 0.3 is 0 Å². The van der Waals surface area contributed by atoms with Crippen molar-refractivity contribution in [3.8, 4) is 0 Å². The van der Waals surface area contributed by atoms with Gasteiger partial charge in [-0.15, -0.1) is 0 Å². The number of carbonyl (C=O) groups excluding carboxylic acids is 2. The summed E-state index contributed by atoms with van der Waals surface area (Å²) in [6.45, 7) is 1.19. The number of nitrogens with one attached hydrogen (secondary N) is 1. The van der Waals surface area contributed by atoms with E-state index >= 15 is 0 Å². The molecule has 0 aliphatic heterocycles. The number of nitrogens with zero attached hydrogens (tertiary/aromatic N) is 1. The number of hydrogen-bond acceptors (Lipinski definition) is 3. The smallest absolute Gasteiger partial charge is 0.248 e. The normalized spacial score (nSPS) is 18.3. The quantitative estimate of drug-likeness (QED) is 0.806. The van der Waals surface area contributed by atoms with Crippen molar-refractivity contribution in [2.75, 3.05) is 6.54 Å². The Labute approximate surface area is 137 Å². The van der Waals surface area contributed by atoms with Crippen molar-refractivity contribution in [1.29, 1.82) is 0 Å². The van der Waals surface area contributed by atoms with E-state index in [0.717, 1.165) is 37.8 Å². The van der Waals surface area contributed by atoms with Crippen molar-refractivity contribution < 1.29 is 9.59 Å². The molecule has 0 radical (unpaired) electrons. The van der Waals surface area contributed by atoms with Crippen molar-refractivity contribution in [3.63, 3.8) is 0 Å². The van der Waals surface area contributed by atoms with Crippen LogP contribution in [0.25, 0.3) is 0 Å². The first-order chi connectivity index (χ1) is 11.1. The fourth-order valence-corrected chi connectivity index (χ4v) is 3.29. The molecule has 0 atom stereocenters. The lowest BCUT2D eigenvalue weighted by Gasteiger charge is -2.23. The zero-order valence-corrected chi connectivity index (χ0v) is 13.5. The largest absolute Gasteiger partial charge is 0.366 e. The molecule has 1 aromatic rings. The highest BCUT2D eigenvalue weighted by Gasteiger charge is 2.30. The third-order valence-corrected chi connectivity index (χ3v) is 4.75. The molecule has 5 heteroatoms. The van der Waals surface area contributed by atoms with Crippen LogP contribution in [-0.4, -0.2) is 35.3 Å². The summed E-state index contributed by atoms with van der Waals surface area (Å²) in [4.78, 5) is 25.6. The maximum atomic E-state index is 12.3. The van der Waals surface area contributed by atoms with E-state index in [0.29, 0.717) is 24.2 Å². The molecule has 2 amide bonds. The topological polar surface area (TPSA) is 75.4 Å². The number of nitrogens with two attached hydrogens (primary N) is 1. The summed E-state index contributed by atoms with van der Waals surface area (Å²) in [5.74, 6) is -0.274. The number of hydrogen-bond donors (Lipinski definition) is 2. The van der Waals surface area contributed by atoms with E-state index in [1.807, 2.05) is 12.1 Å². The minimum atomic E-state index is -0.411. The average molecular weight is 315 g/mol. The molecule has 2 fully saturated rings. The second-order valence-electron chi connectivity index (χ2n) is 6.75. The lowest BCUT2D eigenvalue weighted by molar-refractivity contribution is -0.123. The minimum Gasteiger partial charge on any atom is -0.366 e. The number of benzene rings is 1. The van der Waals surface area contributed by atoms with Crippen LogP contribution in [0.4, 0.5) is 0 Å². The van der Waals surface area contributed by atoms with Gasteiger partial charge in [-0.05, 0) is 43.4 Å². The van der Waals surface area contributed by atoms with Gasteiger partial charge in [-0.25, -0.2) is 0 Å². The average Bonchev–Trinajstić information content (AvgIpc) is 3.25. The Balaban J connectivity index is 1.55. The SMILES string of the molecule is NC(=O)c1ccc(CN(CC(=O)NC2CCCC2)C2CC2)cc1. The minimum absolute atomic E-state index is 0.137. The van der Waals surface area contributed by atoms with Crippen molar-refractivity contribution >= 4 is 11.8 Å². The van der Waals surface area contributed by atoms with Gasteiger partial charge in [0.2, 0.25) is 11.8 Å². The van der Waals surface area contributed by atoms with Gasteiger partial charge in [0.05, 0.1) is 6.54 Å². The van der Waals surface area contributed by atoms with E-state index in [-0.39, 0.29) is 5.91 Å². The molecule has 124 valence electrons. The second kappa shape index (κ2) is 7.13. The van der Waals surface area contributed by atoms with E-state index < -0.39 is 5.91 Å². The van der Waals surface area contributed by atoms with Crippen LogP contribution in [0, 0.1) is 0 Å². The first-order valence-corrected chi connectivity index (χ1v) is 8.54. The van der Waals surface area contributed by atoms with Gasteiger partial charge in [0, 0.05) is 24.2 Å². The summed E-state index contributed by atoms with van der Waals surface area (Å²) in [5.41, 5.74) is 6.89. The number of carbonyl (C=O) groups is 2. The van der Waals surface area contributed by atoms with Gasteiger partial charge in [-0.3, -0.25) is 14.5 Å². The summed E-state index contributed by atoms with van der Waals surface area (Å²) in [5, 5.41) is 3.16. The van der Waals surface area contributed by atoms with Gasteiger partial charge in [0.1, 0.15) is 0 Å². The molecule has 0 unspecified atom stereocenters. The molecule has 2 saturated carbocycles. The Bertz CT molecular complexity index is 560. The molecular weight excluding hydrogens is 290 g/mol. The third-order valence-electron chi connectivity index (χ3n) is 4.75. The maximum Gasteiger partial charge on any atom is 0.248 e. The summed E-state index contributed by atoms with van der Waals surface area (Å²) in [7, 11) is 0. The van der Waals surface area contributed by atoms with E-state index in [2.05, 4.69) is 10.2 Å². The zero-order valence-electron chi connectivity index (χ0n) is 13.5. The van der Waals surface area contributed by atoms with Crippen LogP contribution in [0.3, 0.4) is 0 Å². The number of primary amides is 1. The Morgan fingerprint density at radius 3 is 2.30 bits per heavy atom. The second-order valence-corrected chi connectivity index (χ2v) is 6.75. The molecule has 5 nitrogen and oxygen atoms in total. The highest BCUT2D eigenvalue weighted by Crippen LogP contribution is 2.28. The van der Waals surface area contributed by atoms with Crippen molar-refractivity contribution in [2.24, 2.45) is 5.73 Å². The van der Waals surface area contributed by atoms with Crippen LogP contribution >= 0.6 is 0 Å². The van der Waals surface area contributed by atoms with E-state index in [1.165, 1.54) is 12.8 Å². The maximum absolute atomic E-state index is 12.3. The molecule has 0 spiro atoms. The summed E-state index contributed by atoms with van der Waals surface area (Å²) < 4.78 is 0. The van der Waals surface area contributed by atoms with E-state index in [4.69, 9.17) is 5.73 Å². The predicted octanol–water partition coefficient (Wildman–Crippen LogP) is 1.81.